The number of halogens is 1. The number of nitrogens with zero attached hydrogens (tertiary/aromatic N) is 5. The predicted molar refractivity (Wildman–Crippen MR) is 137 cm³/mol. The number of aromatic nitrogens is 3. The minimum absolute atomic E-state index is 0.0280. The standard InChI is InChI=1S/C24H24ClN5O3S2/c25-19-6-8-20(9-7-19)35(32,33)29-14-10-18(11-15-29)23(31)30(17-16-28-13-3-12-26-28)24-27-21-4-1-2-5-22(21)34-24/h1-9,12-13,18H,10-11,14-17H2. The van der Waals surface area contributed by atoms with Crippen LogP contribution in [0, 0.1) is 5.92 Å². The molecule has 11 heteroatoms. The molecule has 1 aliphatic heterocycles. The van der Waals surface area contributed by atoms with Crippen LogP contribution in [0.4, 0.5) is 5.13 Å². The lowest BCUT2D eigenvalue weighted by molar-refractivity contribution is -0.123. The van der Waals surface area contributed by atoms with E-state index in [2.05, 4.69) is 5.10 Å². The van der Waals surface area contributed by atoms with Gasteiger partial charge in [0, 0.05) is 43.0 Å². The fraction of sp³-hybridized carbons (Fsp3) is 0.292. The first kappa shape index (κ1) is 23.9. The van der Waals surface area contributed by atoms with Gasteiger partial charge in [0.25, 0.3) is 0 Å². The van der Waals surface area contributed by atoms with Crippen LogP contribution in [0.3, 0.4) is 0 Å². The fourth-order valence-corrected chi connectivity index (χ4v) is 6.82. The van der Waals surface area contributed by atoms with E-state index < -0.39 is 10.0 Å². The van der Waals surface area contributed by atoms with Crippen molar-refractivity contribution in [1.29, 1.82) is 0 Å². The second-order valence-corrected chi connectivity index (χ2v) is 11.7. The van der Waals surface area contributed by atoms with Crippen molar-refractivity contribution in [3.8, 4) is 0 Å². The summed E-state index contributed by atoms with van der Waals surface area (Å²) in [6.07, 6.45) is 4.48. The molecule has 1 aliphatic rings. The Labute approximate surface area is 212 Å². The molecule has 182 valence electrons. The van der Waals surface area contributed by atoms with Crippen molar-refractivity contribution >= 4 is 54.2 Å². The quantitative estimate of drug-likeness (QED) is 0.356. The van der Waals surface area contributed by atoms with E-state index >= 15 is 0 Å². The van der Waals surface area contributed by atoms with Crippen LogP contribution < -0.4 is 4.90 Å². The minimum atomic E-state index is -3.63. The van der Waals surface area contributed by atoms with E-state index in [-0.39, 0.29) is 29.8 Å². The van der Waals surface area contributed by atoms with Gasteiger partial charge in [0.05, 0.1) is 21.7 Å². The molecular weight excluding hydrogens is 506 g/mol. The number of amides is 1. The van der Waals surface area contributed by atoms with Gasteiger partial charge in [0.2, 0.25) is 15.9 Å². The molecule has 5 rings (SSSR count). The maximum atomic E-state index is 13.7. The Balaban J connectivity index is 1.32. The van der Waals surface area contributed by atoms with E-state index in [1.807, 2.05) is 36.5 Å². The molecule has 0 N–H and O–H groups in total. The van der Waals surface area contributed by atoms with E-state index in [9.17, 15) is 13.2 Å². The molecule has 1 fully saturated rings. The van der Waals surface area contributed by atoms with Crippen molar-refractivity contribution in [3.05, 3.63) is 72.0 Å². The van der Waals surface area contributed by atoms with Crippen molar-refractivity contribution in [2.24, 2.45) is 5.92 Å². The largest absolute Gasteiger partial charge is 0.286 e. The molecule has 0 saturated carbocycles. The summed E-state index contributed by atoms with van der Waals surface area (Å²) >= 11 is 7.39. The van der Waals surface area contributed by atoms with Crippen molar-refractivity contribution in [2.45, 2.75) is 24.3 Å². The summed E-state index contributed by atoms with van der Waals surface area (Å²) < 4.78 is 30.3. The highest BCUT2D eigenvalue weighted by Crippen LogP contribution is 2.32. The van der Waals surface area contributed by atoms with Gasteiger partial charge in [-0.15, -0.1) is 0 Å². The lowest BCUT2D eigenvalue weighted by Crippen LogP contribution is -2.45. The van der Waals surface area contributed by atoms with Gasteiger partial charge in [-0.1, -0.05) is 35.1 Å². The molecule has 3 heterocycles. The molecule has 8 nitrogen and oxygen atoms in total. The summed E-state index contributed by atoms with van der Waals surface area (Å²) in [6.45, 7) is 1.55. The van der Waals surface area contributed by atoms with E-state index in [4.69, 9.17) is 16.6 Å². The molecule has 0 aliphatic carbocycles. The number of anilines is 1. The molecule has 0 spiro atoms. The van der Waals surface area contributed by atoms with E-state index in [1.54, 1.807) is 27.9 Å². The van der Waals surface area contributed by atoms with Crippen molar-refractivity contribution < 1.29 is 13.2 Å². The maximum absolute atomic E-state index is 13.7. The Hall–Kier alpha value is -2.79. The number of para-hydroxylation sites is 1. The third-order valence-electron chi connectivity index (χ3n) is 6.15. The van der Waals surface area contributed by atoms with Crippen LogP contribution in [0.2, 0.25) is 5.02 Å². The lowest BCUT2D eigenvalue weighted by atomic mass is 9.96. The Morgan fingerprint density at radius 2 is 1.83 bits per heavy atom. The number of sulfonamides is 1. The third-order valence-corrected chi connectivity index (χ3v) is 9.37. The topological polar surface area (TPSA) is 88.4 Å². The molecule has 1 amide bonds. The summed E-state index contributed by atoms with van der Waals surface area (Å²) in [5.41, 5.74) is 0.855. The Morgan fingerprint density at radius 1 is 1.09 bits per heavy atom. The van der Waals surface area contributed by atoms with Crippen molar-refractivity contribution in [2.75, 3.05) is 24.5 Å². The molecule has 0 unspecified atom stereocenters. The SMILES string of the molecule is O=C(C1CCN(S(=O)(=O)c2ccc(Cl)cc2)CC1)N(CCn1cccn1)c1nc2ccccc2s1. The van der Waals surface area contributed by atoms with Crippen LogP contribution in [-0.2, 0) is 21.4 Å². The van der Waals surface area contributed by atoms with Gasteiger partial charge in [0.15, 0.2) is 5.13 Å². The number of carbonyl (C=O) groups excluding carboxylic acids is 1. The van der Waals surface area contributed by atoms with Gasteiger partial charge in [0.1, 0.15) is 0 Å². The molecule has 0 bridgehead atoms. The Morgan fingerprint density at radius 3 is 2.51 bits per heavy atom. The number of thiazole rings is 1. The molecule has 2 aromatic heterocycles. The maximum Gasteiger partial charge on any atom is 0.243 e. The highest BCUT2D eigenvalue weighted by atomic mass is 35.5. The van der Waals surface area contributed by atoms with Crippen molar-refractivity contribution in [1.82, 2.24) is 19.1 Å². The average Bonchev–Trinajstić information content (AvgIpc) is 3.54. The summed E-state index contributed by atoms with van der Waals surface area (Å²) in [4.78, 5) is 20.3. The highest BCUT2D eigenvalue weighted by Gasteiger charge is 2.35. The van der Waals surface area contributed by atoms with Crippen LogP contribution in [-0.4, -0.2) is 53.0 Å². The van der Waals surface area contributed by atoms with Gasteiger partial charge in [-0.05, 0) is 55.3 Å². The zero-order chi connectivity index (χ0) is 24.4. The van der Waals surface area contributed by atoms with Crippen LogP contribution in [0.25, 0.3) is 10.2 Å². The molecule has 1 saturated heterocycles. The summed E-state index contributed by atoms with van der Waals surface area (Å²) in [7, 11) is -3.63. The van der Waals surface area contributed by atoms with E-state index in [1.165, 1.54) is 27.8 Å². The molecule has 35 heavy (non-hydrogen) atoms. The molecule has 0 atom stereocenters. The number of fused-ring (bicyclic) bond motifs is 1. The van der Waals surface area contributed by atoms with E-state index in [0.717, 1.165) is 10.2 Å². The van der Waals surface area contributed by atoms with Crippen LogP contribution in [0.15, 0.2) is 71.9 Å². The number of hydrogen-bond acceptors (Lipinski definition) is 6. The first-order valence-electron chi connectivity index (χ1n) is 11.3. The number of piperidine rings is 1. The monoisotopic (exact) mass is 529 g/mol. The first-order chi connectivity index (χ1) is 16.9. The summed E-state index contributed by atoms with van der Waals surface area (Å²) in [6, 6.07) is 15.8. The number of carbonyl (C=O) groups is 1. The van der Waals surface area contributed by atoms with Crippen LogP contribution in [0.5, 0.6) is 0 Å². The molecule has 2 aromatic carbocycles. The van der Waals surface area contributed by atoms with Gasteiger partial charge in [-0.2, -0.15) is 9.40 Å². The predicted octanol–water partition coefficient (Wildman–Crippen LogP) is 4.28. The highest BCUT2D eigenvalue weighted by molar-refractivity contribution is 7.89. The second-order valence-electron chi connectivity index (χ2n) is 8.36. The van der Waals surface area contributed by atoms with Gasteiger partial charge in [-0.3, -0.25) is 14.4 Å². The third kappa shape index (κ3) is 5.11. The minimum Gasteiger partial charge on any atom is -0.286 e. The number of rotatable bonds is 7. The van der Waals surface area contributed by atoms with E-state index in [0.29, 0.717) is 36.1 Å². The Bertz CT molecular complexity index is 1380. The van der Waals surface area contributed by atoms with Crippen LogP contribution in [0.1, 0.15) is 12.8 Å². The van der Waals surface area contributed by atoms with Gasteiger partial charge < -0.3 is 0 Å². The fourth-order valence-electron chi connectivity index (χ4n) is 4.23. The molecular formula is C24H24ClN5O3S2. The average molecular weight is 530 g/mol. The summed E-state index contributed by atoms with van der Waals surface area (Å²) in [5.74, 6) is -0.309. The number of hydrogen-bond donors (Lipinski definition) is 0. The lowest BCUT2D eigenvalue weighted by Gasteiger charge is -2.33. The summed E-state index contributed by atoms with van der Waals surface area (Å²) in [5, 5.41) is 5.38. The van der Waals surface area contributed by atoms with Gasteiger partial charge in [-0.25, -0.2) is 13.4 Å². The zero-order valence-electron chi connectivity index (χ0n) is 18.8. The van der Waals surface area contributed by atoms with Crippen molar-refractivity contribution in [3.63, 3.8) is 0 Å². The smallest absolute Gasteiger partial charge is 0.243 e. The normalized spacial score (nSPS) is 15.5. The molecule has 4 aromatic rings. The first-order valence-corrected chi connectivity index (χ1v) is 14.0. The second kappa shape index (κ2) is 10.1. The number of benzene rings is 2. The Kier molecular flexibility index (Phi) is 6.88. The van der Waals surface area contributed by atoms with Gasteiger partial charge >= 0.3 is 0 Å². The van der Waals surface area contributed by atoms with Crippen LogP contribution >= 0.6 is 22.9 Å². The zero-order valence-corrected chi connectivity index (χ0v) is 21.2. The molecule has 0 radical (unpaired) electrons.